The molecule has 1 aromatic carbocycles. The van der Waals surface area contributed by atoms with Crippen molar-refractivity contribution in [1.29, 1.82) is 0 Å². The van der Waals surface area contributed by atoms with Crippen molar-refractivity contribution in [3.05, 3.63) is 35.4 Å². The number of amides is 1. The second kappa shape index (κ2) is 10.2. The standard InChI is InChI=1S/C19H27F3N2O.ClH/c1-13(2)18(15-4-3-5-16(12-15)19(20,21)22)24-17(25)7-6-14-8-10-23-11-9-14;/h3-5,12-14,18,23H,6-11H2,1-2H3,(H,24,25);1H. The lowest BCUT2D eigenvalue weighted by Gasteiger charge is -2.25. The van der Waals surface area contributed by atoms with Crippen LogP contribution in [0.3, 0.4) is 0 Å². The van der Waals surface area contributed by atoms with Gasteiger partial charge >= 0.3 is 6.18 Å². The maximum atomic E-state index is 12.9. The van der Waals surface area contributed by atoms with E-state index < -0.39 is 17.8 Å². The molecule has 0 spiro atoms. The van der Waals surface area contributed by atoms with Crippen molar-refractivity contribution in [1.82, 2.24) is 10.6 Å². The molecule has 1 heterocycles. The second-order valence-electron chi connectivity index (χ2n) is 7.14. The summed E-state index contributed by atoms with van der Waals surface area (Å²) in [5, 5.41) is 6.23. The summed E-state index contributed by atoms with van der Waals surface area (Å²) in [7, 11) is 0. The molecule has 0 aliphatic carbocycles. The van der Waals surface area contributed by atoms with Gasteiger partial charge in [-0.05, 0) is 61.9 Å². The van der Waals surface area contributed by atoms with Crippen molar-refractivity contribution < 1.29 is 18.0 Å². The van der Waals surface area contributed by atoms with Crippen molar-refractivity contribution in [2.45, 2.75) is 51.7 Å². The molecule has 2 rings (SSSR count). The number of carbonyl (C=O) groups excluding carboxylic acids is 1. The largest absolute Gasteiger partial charge is 0.416 e. The van der Waals surface area contributed by atoms with Crippen LogP contribution in [0.2, 0.25) is 0 Å². The highest BCUT2D eigenvalue weighted by molar-refractivity contribution is 5.85. The number of halogens is 4. The van der Waals surface area contributed by atoms with Crippen LogP contribution in [0.15, 0.2) is 24.3 Å². The van der Waals surface area contributed by atoms with E-state index in [0.29, 0.717) is 17.9 Å². The second-order valence-corrected chi connectivity index (χ2v) is 7.14. The van der Waals surface area contributed by atoms with Crippen LogP contribution in [-0.2, 0) is 11.0 Å². The fourth-order valence-corrected chi connectivity index (χ4v) is 3.29. The predicted octanol–water partition coefficient (Wildman–Crippen LogP) is 4.72. The van der Waals surface area contributed by atoms with Crippen LogP contribution in [0.5, 0.6) is 0 Å². The molecule has 1 atom stereocenters. The molecule has 2 N–H and O–H groups in total. The summed E-state index contributed by atoms with van der Waals surface area (Å²) in [4.78, 5) is 12.3. The van der Waals surface area contributed by atoms with Crippen LogP contribution < -0.4 is 10.6 Å². The molecule has 1 unspecified atom stereocenters. The van der Waals surface area contributed by atoms with Gasteiger partial charge in [0.1, 0.15) is 0 Å². The first-order valence-electron chi connectivity index (χ1n) is 8.94. The Morgan fingerprint density at radius 3 is 2.50 bits per heavy atom. The summed E-state index contributed by atoms with van der Waals surface area (Å²) in [6.07, 6.45) is -0.965. The molecule has 148 valence electrons. The minimum Gasteiger partial charge on any atom is -0.349 e. The van der Waals surface area contributed by atoms with Gasteiger partial charge in [-0.2, -0.15) is 13.2 Å². The van der Waals surface area contributed by atoms with Gasteiger partial charge in [0.25, 0.3) is 0 Å². The van der Waals surface area contributed by atoms with Crippen LogP contribution in [0.25, 0.3) is 0 Å². The lowest BCUT2D eigenvalue weighted by molar-refractivity contribution is -0.137. The molecule has 0 bridgehead atoms. The summed E-state index contributed by atoms with van der Waals surface area (Å²) in [5.41, 5.74) is -0.181. The number of benzene rings is 1. The van der Waals surface area contributed by atoms with Crippen LogP contribution in [-0.4, -0.2) is 19.0 Å². The molecule has 0 radical (unpaired) electrons. The number of alkyl halides is 3. The molecule has 1 amide bonds. The predicted molar refractivity (Wildman–Crippen MR) is 99.2 cm³/mol. The molecule has 7 heteroatoms. The maximum Gasteiger partial charge on any atom is 0.416 e. The molecular formula is C19H28ClF3N2O. The van der Waals surface area contributed by atoms with Crippen LogP contribution in [0.1, 0.15) is 56.7 Å². The summed E-state index contributed by atoms with van der Waals surface area (Å²) < 4.78 is 38.8. The lowest BCUT2D eigenvalue weighted by Crippen LogP contribution is -2.33. The molecule has 0 aromatic heterocycles. The van der Waals surface area contributed by atoms with Crippen LogP contribution in [0, 0.1) is 11.8 Å². The molecule has 1 aliphatic heterocycles. The van der Waals surface area contributed by atoms with Gasteiger partial charge in [0, 0.05) is 6.42 Å². The Morgan fingerprint density at radius 2 is 1.92 bits per heavy atom. The molecule has 1 saturated heterocycles. The lowest BCUT2D eigenvalue weighted by atomic mass is 9.92. The Balaban J connectivity index is 0.00000338. The summed E-state index contributed by atoms with van der Waals surface area (Å²) in [5.74, 6) is 0.471. The smallest absolute Gasteiger partial charge is 0.349 e. The minimum absolute atomic E-state index is 0. The average Bonchev–Trinajstić information content (AvgIpc) is 2.58. The molecule has 1 fully saturated rings. The van der Waals surface area contributed by atoms with Gasteiger partial charge in [0.2, 0.25) is 5.91 Å². The Labute approximate surface area is 159 Å². The van der Waals surface area contributed by atoms with Gasteiger partial charge in [0.15, 0.2) is 0 Å². The zero-order valence-electron chi connectivity index (χ0n) is 15.2. The normalized spacial score (nSPS) is 16.8. The Morgan fingerprint density at radius 1 is 1.27 bits per heavy atom. The van der Waals surface area contributed by atoms with Crippen LogP contribution in [0.4, 0.5) is 13.2 Å². The van der Waals surface area contributed by atoms with Gasteiger partial charge in [0.05, 0.1) is 11.6 Å². The Bertz CT molecular complexity index is 572. The number of hydrogen-bond acceptors (Lipinski definition) is 2. The summed E-state index contributed by atoms with van der Waals surface area (Å²) in [6, 6.07) is 4.82. The average molecular weight is 393 g/mol. The van der Waals surface area contributed by atoms with Gasteiger partial charge in [-0.25, -0.2) is 0 Å². The van der Waals surface area contributed by atoms with E-state index in [1.54, 1.807) is 6.07 Å². The first-order chi connectivity index (χ1) is 11.8. The SMILES string of the molecule is CC(C)C(NC(=O)CCC1CCNCC1)c1cccc(C(F)(F)F)c1.Cl. The van der Waals surface area contributed by atoms with Crippen molar-refractivity contribution in [2.75, 3.05) is 13.1 Å². The highest BCUT2D eigenvalue weighted by Gasteiger charge is 2.31. The van der Waals surface area contributed by atoms with E-state index in [2.05, 4.69) is 10.6 Å². The van der Waals surface area contributed by atoms with Gasteiger partial charge < -0.3 is 10.6 Å². The number of nitrogens with one attached hydrogen (secondary N) is 2. The molecule has 0 saturated carbocycles. The van der Waals surface area contributed by atoms with Crippen molar-refractivity contribution >= 4 is 18.3 Å². The number of carbonyl (C=O) groups is 1. The third-order valence-corrected chi connectivity index (χ3v) is 4.79. The zero-order chi connectivity index (χ0) is 18.4. The number of piperidine rings is 1. The summed E-state index contributed by atoms with van der Waals surface area (Å²) in [6.45, 7) is 5.78. The van der Waals surface area contributed by atoms with Crippen molar-refractivity contribution in [3.63, 3.8) is 0 Å². The Hall–Kier alpha value is -1.27. The zero-order valence-corrected chi connectivity index (χ0v) is 16.1. The highest BCUT2D eigenvalue weighted by Crippen LogP contribution is 2.32. The topological polar surface area (TPSA) is 41.1 Å². The van der Waals surface area contributed by atoms with Gasteiger partial charge in [-0.3, -0.25) is 4.79 Å². The molecule has 1 aromatic rings. The minimum atomic E-state index is -4.38. The van der Waals surface area contributed by atoms with Gasteiger partial charge in [-0.15, -0.1) is 12.4 Å². The van der Waals surface area contributed by atoms with E-state index in [1.807, 2.05) is 13.8 Å². The molecule has 1 aliphatic rings. The fraction of sp³-hybridized carbons (Fsp3) is 0.632. The molecule has 26 heavy (non-hydrogen) atoms. The van der Waals surface area contributed by atoms with E-state index >= 15 is 0 Å². The third kappa shape index (κ3) is 6.80. The van der Waals surface area contributed by atoms with E-state index in [0.717, 1.165) is 44.5 Å². The third-order valence-electron chi connectivity index (χ3n) is 4.79. The Kier molecular flexibility index (Phi) is 8.90. The van der Waals surface area contributed by atoms with Crippen molar-refractivity contribution in [3.8, 4) is 0 Å². The van der Waals surface area contributed by atoms with Gasteiger partial charge in [-0.1, -0.05) is 26.0 Å². The fourth-order valence-electron chi connectivity index (χ4n) is 3.29. The van der Waals surface area contributed by atoms with E-state index in [9.17, 15) is 18.0 Å². The van der Waals surface area contributed by atoms with Crippen LogP contribution >= 0.6 is 12.4 Å². The van der Waals surface area contributed by atoms with Crippen molar-refractivity contribution in [2.24, 2.45) is 11.8 Å². The highest BCUT2D eigenvalue weighted by atomic mass is 35.5. The van der Waals surface area contributed by atoms with E-state index in [1.165, 1.54) is 6.07 Å². The first-order valence-corrected chi connectivity index (χ1v) is 8.94. The quantitative estimate of drug-likeness (QED) is 0.735. The van der Waals surface area contributed by atoms with E-state index in [4.69, 9.17) is 0 Å². The molecular weight excluding hydrogens is 365 g/mol. The number of hydrogen-bond donors (Lipinski definition) is 2. The monoisotopic (exact) mass is 392 g/mol. The van der Waals surface area contributed by atoms with E-state index in [-0.39, 0.29) is 24.2 Å². The first kappa shape index (κ1) is 22.8. The maximum absolute atomic E-state index is 12.9. The molecule has 3 nitrogen and oxygen atoms in total. The number of rotatable bonds is 6. The summed E-state index contributed by atoms with van der Waals surface area (Å²) >= 11 is 0.